The van der Waals surface area contributed by atoms with E-state index in [0.717, 1.165) is 18.0 Å². The quantitative estimate of drug-likeness (QED) is 0.709. The summed E-state index contributed by atoms with van der Waals surface area (Å²) in [4.78, 5) is 3.26. The number of fused-ring (bicyclic) bond motifs is 1. The van der Waals surface area contributed by atoms with Crippen LogP contribution in [0.25, 0.3) is 10.9 Å². The second-order valence-corrected chi connectivity index (χ2v) is 6.02. The number of hydrogen-bond acceptors (Lipinski definition) is 3. The van der Waals surface area contributed by atoms with Gasteiger partial charge in [-0.3, -0.25) is 0 Å². The lowest BCUT2D eigenvalue weighted by atomic mass is 10.0. The van der Waals surface area contributed by atoms with Gasteiger partial charge in [0.1, 0.15) is 0 Å². The van der Waals surface area contributed by atoms with Crippen LogP contribution in [0.15, 0.2) is 42.6 Å². The minimum atomic E-state index is 0.207. The number of aromatic nitrogens is 1. The second kappa shape index (κ2) is 6.97. The number of rotatable bonds is 6. The number of hydrogen-bond donors (Lipinski definition) is 2. The van der Waals surface area contributed by atoms with Crippen LogP contribution in [0.1, 0.15) is 29.7 Å². The highest BCUT2D eigenvalue weighted by molar-refractivity contribution is 5.82. The Kier molecular flexibility index (Phi) is 4.76. The minimum absolute atomic E-state index is 0.207. The van der Waals surface area contributed by atoms with Crippen molar-refractivity contribution in [3.05, 3.63) is 59.3 Å². The van der Waals surface area contributed by atoms with Gasteiger partial charge in [0.15, 0.2) is 11.5 Å². The van der Waals surface area contributed by atoms with E-state index in [1.807, 2.05) is 12.3 Å². The van der Waals surface area contributed by atoms with Crippen molar-refractivity contribution in [3.8, 4) is 11.5 Å². The van der Waals surface area contributed by atoms with Crippen LogP contribution in [0.4, 0.5) is 0 Å². The molecule has 0 amide bonds. The maximum Gasteiger partial charge on any atom is 0.161 e. The first-order chi connectivity index (χ1) is 11.6. The predicted octanol–water partition coefficient (Wildman–Crippen LogP) is 4.34. The summed E-state index contributed by atoms with van der Waals surface area (Å²) in [6, 6.07) is 12.8. The van der Waals surface area contributed by atoms with Gasteiger partial charge in [0.05, 0.1) is 14.2 Å². The van der Waals surface area contributed by atoms with Crippen molar-refractivity contribution in [2.75, 3.05) is 14.2 Å². The molecular formula is C20H24N2O2. The molecule has 1 aromatic heterocycles. The van der Waals surface area contributed by atoms with Gasteiger partial charge in [-0.1, -0.05) is 12.1 Å². The highest BCUT2D eigenvalue weighted by Gasteiger charge is 2.14. The van der Waals surface area contributed by atoms with Crippen molar-refractivity contribution in [1.82, 2.24) is 10.3 Å². The van der Waals surface area contributed by atoms with Crippen molar-refractivity contribution < 1.29 is 9.47 Å². The molecule has 0 aliphatic carbocycles. The Morgan fingerprint density at radius 2 is 1.83 bits per heavy atom. The van der Waals surface area contributed by atoms with Crippen molar-refractivity contribution in [1.29, 1.82) is 0 Å². The summed E-state index contributed by atoms with van der Waals surface area (Å²) in [7, 11) is 3.33. The molecule has 1 unspecified atom stereocenters. The standard InChI is InChI=1S/C20H24N2O2/c1-13-10-19(23-3)20(24-4)11-17(13)14(2)22-12-15-6-5-7-18-16(15)8-9-21-18/h5-11,14,21-22H,12H2,1-4H3. The molecular weight excluding hydrogens is 300 g/mol. The molecule has 3 rings (SSSR count). The van der Waals surface area contributed by atoms with E-state index >= 15 is 0 Å². The van der Waals surface area contributed by atoms with Crippen molar-refractivity contribution in [2.24, 2.45) is 0 Å². The summed E-state index contributed by atoms with van der Waals surface area (Å²) in [6.45, 7) is 5.08. The molecule has 0 aliphatic rings. The van der Waals surface area contributed by atoms with E-state index in [4.69, 9.17) is 9.47 Å². The van der Waals surface area contributed by atoms with Crippen molar-refractivity contribution >= 4 is 10.9 Å². The molecule has 0 bridgehead atoms. The largest absolute Gasteiger partial charge is 0.493 e. The fraction of sp³-hybridized carbons (Fsp3) is 0.300. The number of aromatic amines is 1. The molecule has 24 heavy (non-hydrogen) atoms. The number of H-pyrrole nitrogens is 1. The molecule has 4 heteroatoms. The topological polar surface area (TPSA) is 46.3 Å². The van der Waals surface area contributed by atoms with E-state index < -0.39 is 0 Å². The molecule has 0 fully saturated rings. The highest BCUT2D eigenvalue weighted by atomic mass is 16.5. The molecule has 0 saturated heterocycles. The average Bonchev–Trinajstić information content (AvgIpc) is 3.08. The fourth-order valence-electron chi connectivity index (χ4n) is 3.14. The Morgan fingerprint density at radius 3 is 2.58 bits per heavy atom. The van der Waals surface area contributed by atoms with Crippen LogP contribution in [-0.2, 0) is 6.54 Å². The van der Waals surface area contributed by atoms with E-state index in [1.165, 1.54) is 27.6 Å². The zero-order chi connectivity index (χ0) is 17.1. The lowest BCUT2D eigenvalue weighted by Gasteiger charge is -2.19. The zero-order valence-electron chi connectivity index (χ0n) is 14.6. The molecule has 0 radical (unpaired) electrons. The SMILES string of the molecule is COc1cc(C)c(C(C)NCc2cccc3[nH]ccc23)cc1OC. The van der Waals surface area contributed by atoms with E-state index in [9.17, 15) is 0 Å². The van der Waals surface area contributed by atoms with Crippen LogP contribution in [0, 0.1) is 6.92 Å². The van der Waals surface area contributed by atoms with E-state index in [1.54, 1.807) is 14.2 Å². The average molecular weight is 324 g/mol. The Labute approximate surface area is 142 Å². The molecule has 1 heterocycles. The summed E-state index contributed by atoms with van der Waals surface area (Å²) in [5, 5.41) is 4.88. The molecule has 2 N–H and O–H groups in total. The maximum absolute atomic E-state index is 5.44. The van der Waals surface area contributed by atoms with Gasteiger partial charge in [-0.2, -0.15) is 0 Å². The van der Waals surface area contributed by atoms with Gasteiger partial charge in [-0.15, -0.1) is 0 Å². The van der Waals surface area contributed by atoms with Gasteiger partial charge >= 0.3 is 0 Å². The predicted molar refractivity (Wildman–Crippen MR) is 97.8 cm³/mol. The zero-order valence-corrected chi connectivity index (χ0v) is 14.6. The summed E-state index contributed by atoms with van der Waals surface area (Å²) in [5.41, 5.74) is 4.87. The van der Waals surface area contributed by atoms with Gasteiger partial charge in [-0.05, 0) is 54.8 Å². The van der Waals surface area contributed by atoms with Crippen LogP contribution in [0.3, 0.4) is 0 Å². The summed E-state index contributed by atoms with van der Waals surface area (Å²) < 4.78 is 10.8. The van der Waals surface area contributed by atoms with Gasteiger partial charge in [0, 0.05) is 29.7 Å². The van der Waals surface area contributed by atoms with Crippen molar-refractivity contribution in [2.45, 2.75) is 26.4 Å². The third kappa shape index (κ3) is 3.10. The fourth-order valence-corrected chi connectivity index (χ4v) is 3.14. The number of methoxy groups -OCH3 is 2. The third-order valence-corrected chi connectivity index (χ3v) is 4.52. The Bertz CT molecular complexity index is 839. The summed E-state index contributed by atoms with van der Waals surface area (Å²) in [5.74, 6) is 1.53. The maximum atomic E-state index is 5.44. The lowest BCUT2D eigenvalue weighted by Crippen LogP contribution is -2.19. The first-order valence-corrected chi connectivity index (χ1v) is 8.15. The number of aryl methyl sites for hydroxylation is 1. The van der Waals surface area contributed by atoms with Crippen LogP contribution in [-0.4, -0.2) is 19.2 Å². The molecule has 126 valence electrons. The molecule has 1 atom stereocenters. The van der Waals surface area contributed by atoms with Crippen LogP contribution >= 0.6 is 0 Å². The first-order valence-electron chi connectivity index (χ1n) is 8.15. The van der Waals surface area contributed by atoms with E-state index in [-0.39, 0.29) is 6.04 Å². The Balaban J connectivity index is 1.80. The smallest absolute Gasteiger partial charge is 0.161 e. The molecule has 4 nitrogen and oxygen atoms in total. The molecule has 0 saturated carbocycles. The monoisotopic (exact) mass is 324 g/mol. The number of benzene rings is 2. The summed E-state index contributed by atoms with van der Waals surface area (Å²) in [6.07, 6.45) is 1.98. The van der Waals surface area contributed by atoms with Crippen molar-refractivity contribution in [3.63, 3.8) is 0 Å². The Hall–Kier alpha value is -2.46. The van der Waals surface area contributed by atoms with Crippen LogP contribution in [0.5, 0.6) is 11.5 Å². The lowest BCUT2D eigenvalue weighted by molar-refractivity contribution is 0.353. The minimum Gasteiger partial charge on any atom is -0.493 e. The second-order valence-electron chi connectivity index (χ2n) is 6.02. The van der Waals surface area contributed by atoms with Gasteiger partial charge in [-0.25, -0.2) is 0 Å². The highest BCUT2D eigenvalue weighted by Crippen LogP contribution is 2.33. The Morgan fingerprint density at radius 1 is 1.08 bits per heavy atom. The van der Waals surface area contributed by atoms with Crippen LogP contribution < -0.4 is 14.8 Å². The van der Waals surface area contributed by atoms with E-state index in [0.29, 0.717) is 0 Å². The molecule has 0 aliphatic heterocycles. The first kappa shape index (κ1) is 16.4. The number of ether oxygens (including phenoxy) is 2. The molecule has 3 aromatic rings. The van der Waals surface area contributed by atoms with E-state index in [2.05, 4.69) is 54.5 Å². The third-order valence-electron chi connectivity index (χ3n) is 4.52. The van der Waals surface area contributed by atoms with Gasteiger partial charge < -0.3 is 19.8 Å². The molecule has 2 aromatic carbocycles. The van der Waals surface area contributed by atoms with Crippen LogP contribution in [0.2, 0.25) is 0 Å². The number of nitrogens with one attached hydrogen (secondary N) is 2. The van der Waals surface area contributed by atoms with Gasteiger partial charge in [0.25, 0.3) is 0 Å². The molecule has 0 spiro atoms. The normalized spacial score (nSPS) is 12.3. The summed E-state index contributed by atoms with van der Waals surface area (Å²) >= 11 is 0. The van der Waals surface area contributed by atoms with Gasteiger partial charge in [0.2, 0.25) is 0 Å².